The quantitative estimate of drug-likeness (QED) is 0.208. The fourth-order valence-corrected chi connectivity index (χ4v) is 4.34. The van der Waals surface area contributed by atoms with Crippen LogP contribution in [0.4, 0.5) is 13.2 Å². The minimum atomic E-state index is -5.91. The highest BCUT2D eigenvalue weighted by Crippen LogP contribution is 2.37. The molecule has 38 heavy (non-hydrogen) atoms. The van der Waals surface area contributed by atoms with Crippen molar-refractivity contribution in [2.45, 2.75) is 84.6 Å². The van der Waals surface area contributed by atoms with Gasteiger partial charge in [-0.1, -0.05) is 67.5 Å². The Labute approximate surface area is 223 Å². The van der Waals surface area contributed by atoms with Gasteiger partial charge < -0.3 is 4.18 Å². The molecule has 1 heterocycles. The zero-order valence-electron chi connectivity index (χ0n) is 23.0. The molecule has 0 atom stereocenters. The van der Waals surface area contributed by atoms with E-state index >= 15 is 0 Å². The summed E-state index contributed by atoms with van der Waals surface area (Å²) in [7, 11) is -5.91. The minimum Gasteiger partial charge on any atom is -0.354 e. The SMILES string of the molecule is CC(C)c1cc(-c2ncc(OS(=O)(=O)C(F)(F)F)nc2-c2cc(C(C)C)cc(C(C)C)c2)cc(C(C)C)c1. The van der Waals surface area contributed by atoms with Crippen molar-refractivity contribution in [2.75, 3.05) is 0 Å². The van der Waals surface area contributed by atoms with Crippen LogP contribution in [0.1, 0.15) is 101 Å². The molecule has 5 nitrogen and oxygen atoms in total. The third kappa shape index (κ3) is 6.54. The molecular formula is C29H35F3N2O3S. The second-order valence-electron chi connectivity index (χ2n) is 10.8. The van der Waals surface area contributed by atoms with Crippen LogP contribution in [-0.2, 0) is 10.1 Å². The Morgan fingerprint density at radius 1 is 0.658 bits per heavy atom. The number of alkyl halides is 3. The number of hydrogen-bond acceptors (Lipinski definition) is 5. The van der Waals surface area contributed by atoms with Gasteiger partial charge in [-0.25, -0.2) is 9.97 Å². The van der Waals surface area contributed by atoms with Crippen LogP contribution in [0.15, 0.2) is 42.6 Å². The van der Waals surface area contributed by atoms with Gasteiger partial charge in [0.15, 0.2) is 0 Å². The van der Waals surface area contributed by atoms with Crippen LogP contribution < -0.4 is 4.18 Å². The Kier molecular flexibility index (Phi) is 8.61. The molecule has 0 N–H and O–H groups in total. The Morgan fingerprint density at radius 2 is 1.03 bits per heavy atom. The van der Waals surface area contributed by atoms with Crippen molar-refractivity contribution in [3.05, 3.63) is 64.8 Å². The summed E-state index contributed by atoms with van der Waals surface area (Å²) in [5, 5.41) is 0. The number of halogens is 3. The first kappa shape index (κ1) is 29.6. The summed E-state index contributed by atoms with van der Waals surface area (Å²) >= 11 is 0. The predicted molar refractivity (Wildman–Crippen MR) is 145 cm³/mol. The standard InChI is InChI=1S/C29H35F3N2O3S/c1-16(2)20-9-21(17(3)4)12-24(11-20)27-28(25-13-22(18(5)6)10-23(14-25)19(7)8)34-26(15-33-27)37-38(35,36)29(30,31)32/h9-19H,1-8H3. The van der Waals surface area contributed by atoms with Crippen molar-refractivity contribution < 1.29 is 25.8 Å². The topological polar surface area (TPSA) is 69.2 Å². The molecule has 0 aliphatic carbocycles. The first-order valence-corrected chi connectivity index (χ1v) is 14.1. The van der Waals surface area contributed by atoms with Crippen LogP contribution >= 0.6 is 0 Å². The Morgan fingerprint density at radius 3 is 1.37 bits per heavy atom. The van der Waals surface area contributed by atoms with Gasteiger partial charge in [0.1, 0.15) is 5.69 Å². The summed E-state index contributed by atoms with van der Waals surface area (Å²) in [5.74, 6) is 0.0445. The molecule has 3 aromatic rings. The van der Waals surface area contributed by atoms with E-state index in [-0.39, 0.29) is 29.4 Å². The van der Waals surface area contributed by atoms with Crippen molar-refractivity contribution in [3.63, 3.8) is 0 Å². The molecule has 3 rings (SSSR count). The highest BCUT2D eigenvalue weighted by molar-refractivity contribution is 7.87. The molecule has 0 spiro atoms. The molecule has 0 amide bonds. The lowest BCUT2D eigenvalue weighted by Gasteiger charge is -2.18. The molecule has 0 unspecified atom stereocenters. The second kappa shape index (κ2) is 11.0. The molecule has 0 saturated carbocycles. The molecule has 0 saturated heterocycles. The van der Waals surface area contributed by atoms with Gasteiger partial charge in [0, 0.05) is 11.1 Å². The van der Waals surface area contributed by atoms with Crippen LogP contribution in [0.25, 0.3) is 22.5 Å². The molecule has 0 fully saturated rings. The van der Waals surface area contributed by atoms with Gasteiger partial charge >= 0.3 is 15.6 Å². The number of nitrogens with zero attached hydrogens (tertiary/aromatic N) is 2. The maximum Gasteiger partial charge on any atom is 0.534 e. The van der Waals surface area contributed by atoms with Crippen LogP contribution in [-0.4, -0.2) is 23.9 Å². The molecule has 2 aromatic carbocycles. The van der Waals surface area contributed by atoms with Crippen molar-refractivity contribution in [3.8, 4) is 28.4 Å². The highest BCUT2D eigenvalue weighted by Gasteiger charge is 2.49. The van der Waals surface area contributed by atoms with Crippen molar-refractivity contribution in [1.29, 1.82) is 0 Å². The lowest BCUT2D eigenvalue weighted by Crippen LogP contribution is -2.28. The van der Waals surface area contributed by atoms with Crippen LogP contribution in [0.5, 0.6) is 5.88 Å². The minimum absolute atomic E-state index is 0.172. The van der Waals surface area contributed by atoms with Gasteiger partial charge in [-0.15, -0.1) is 0 Å². The second-order valence-corrected chi connectivity index (χ2v) is 12.3. The summed E-state index contributed by atoms with van der Waals surface area (Å²) in [5.41, 5.74) is 0.663. The first-order valence-electron chi connectivity index (χ1n) is 12.7. The molecule has 9 heteroatoms. The lowest BCUT2D eigenvalue weighted by molar-refractivity contribution is -0.0501. The van der Waals surface area contributed by atoms with E-state index < -0.39 is 21.5 Å². The summed E-state index contributed by atoms with van der Waals surface area (Å²) in [6.07, 6.45) is 0.925. The van der Waals surface area contributed by atoms with Gasteiger partial charge in [-0.3, -0.25) is 0 Å². The summed E-state index contributed by atoms with van der Waals surface area (Å²) in [6, 6.07) is 12.1. The third-order valence-electron chi connectivity index (χ3n) is 6.40. The number of benzene rings is 2. The third-order valence-corrected chi connectivity index (χ3v) is 7.35. The van der Waals surface area contributed by atoms with Crippen molar-refractivity contribution in [1.82, 2.24) is 9.97 Å². The average molecular weight is 549 g/mol. The average Bonchev–Trinajstić information content (AvgIpc) is 2.82. The normalized spacial score (nSPS) is 12.7. The predicted octanol–water partition coefficient (Wildman–Crippen LogP) is 8.53. The molecule has 0 aliphatic rings. The summed E-state index contributed by atoms with van der Waals surface area (Å²) in [6.45, 7) is 16.5. The Hall–Kier alpha value is -2.94. The number of hydrogen-bond donors (Lipinski definition) is 0. The molecule has 0 bridgehead atoms. The highest BCUT2D eigenvalue weighted by atomic mass is 32.2. The molecule has 0 radical (unpaired) electrons. The van der Waals surface area contributed by atoms with Crippen LogP contribution in [0.2, 0.25) is 0 Å². The van der Waals surface area contributed by atoms with Gasteiger partial charge in [0.2, 0.25) is 0 Å². The largest absolute Gasteiger partial charge is 0.534 e. The Bertz CT molecular complexity index is 1360. The van der Waals surface area contributed by atoms with E-state index in [1.807, 2.05) is 52.0 Å². The van der Waals surface area contributed by atoms with Crippen molar-refractivity contribution in [2.24, 2.45) is 0 Å². The van der Waals surface area contributed by atoms with E-state index in [9.17, 15) is 21.6 Å². The summed E-state index contributed by atoms with van der Waals surface area (Å²) < 4.78 is 67.0. The maximum absolute atomic E-state index is 13.0. The van der Waals surface area contributed by atoms with Gasteiger partial charge in [-0.2, -0.15) is 21.6 Å². The number of rotatable bonds is 8. The van der Waals surface area contributed by atoms with Crippen LogP contribution in [0.3, 0.4) is 0 Å². The summed E-state index contributed by atoms with van der Waals surface area (Å²) in [4.78, 5) is 8.73. The first-order chi connectivity index (χ1) is 17.5. The number of aromatic nitrogens is 2. The molecule has 0 aliphatic heterocycles. The van der Waals surface area contributed by atoms with E-state index in [0.29, 0.717) is 11.3 Å². The van der Waals surface area contributed by atoms with Gasteiger partial charge in [0.25, 0.3) is 5.88 Å². The van der Waals surface area contributed by atoms with E-state index in [4.69, 9.17) is 0 Å². The van der Waals surface area contributed by atoms with Crippen LogP contribution in [0, 0.1) is 0 Å². The molecular weight excluding hydrogens is 513 g/mol. The molecule has 1 aromatic heterocycles. The zero-order chi connectivity index (χ0) is 28.6. The van der Waals surface area contributed by atoms with E-state index in [1.165, 1.54) is 0 Å². The maximum atomic E-state index is 13.0. The van der Waals surface area contributed by atoms with Gasteiger partial charge in [0.05, 0.1) is 11.9 Å². The smallest absolute Gasteiger partial charge is 0.354 e. The molecule has 206 valence electrons. The van der Waals surface area contributed by atoms with Gasteiger partial charge in [-0.05, 0) is 70.2 Å². The fraction of sp³-hybridized carbons (Fsp3) is 0.448. The van der Waals surface area contributed by atoms with Crippen molar-refractivity contribution >= 4 is 10.1 Å². The zero-order valence-corrected chi connectivity index (χ0v) is 23.8. The lowest BCUT2D eigenvalue weighted by atomic mass is 9.89. The van der Waals surface area contributed by atoms with E-state index in [1.54, 1.807) is 0 Å². The van der Waals surface area contributed by atoms with E-state index in [0.717, 1.165) is 34.0 Å². The van der Waals surface area contributed by atoms with E-state index in [2.05, 4.69) is 54.0 Å². The Balaban J connectivity index is 2.35. The monoisotopic (exact) mass is 548 g/mol. The fourth-order valence-electron chi connectivity index (χ4n) is 3.95.